The van der Waals surface area contributed by atoms with Gasteiger partial charge in [0.1, 0.15) is 5.75 Å². The molecule has 1 spiro atoms. The van der Waals surface area contributed by atoms with Crippen LogP contribution in [0.25, 0.3) is 0 Å². The molecule has 3 fully saturated rings. The Hall–Kier alpha value is -2.08. The van der Waals surface area contributed by atoms with Crippen LogP contribution in [0.2, 0.25) is 5.02 Å². The van der Waals surface area contributed by atoms with Crippen molar-refractivity contribution in [2.45, 2.75) is 69.6 Å². The molecule has 38 heavy (non-hydrogen) atoms. The number of halogens is 1. The number of methoxy groups -OCH3 is 1. The van der Waals surface area contributed by atoms with E-state index in [1.54, 1.807) is 13.2 Å². The molecule has 2 aromatic carbocycles. The Morgan fingerprint density at radius 3 is 2.74 bits per heavy atom. The van der Waals surface area contributed by atoms with Gasteiger partial charge in [-0.25, -0.2) is 0 Å². The SMILES string of the molecule is CCC(C1COC2(C)C(C)N(CC3CC3)CC3Cc4ccc(OC)cc4C312)N(C)C(=O)c1cccc(Cl)c1. The number of carbonyl (C=O) groups excluding carboxylic acids is 1. The summed E-state index contributed by atoms with van der Waals surface area (Å²) in [5.41, 5.74) is 2.87. The van der Waals surface area contributed by atoms with Gasteiger partial charge in [0.05, 0.1) is 19.3 Å². The molecule has 0 N–H and O–H groups in total. The number of ether oxygens (including phenoxy) is 2. The third-order valence-electron chi connectivity index (χ3n) is 10.6. The minimum absolute atomic E-state index is 0.0176. The maximum absolute atomic E-state index is 13.8. The summed E-state index contributed by atoms with van der Waals surface area (Å²) in [4.78, 5) is 18.5. The van der Waals surface area contributed by atoms with Gasteiger partial charge in [0, 0.05) is 54.1 Å². The average molecular weight is 537 g/mol. The molecule has 1 amide bonds. The van der Waals surface area contributed by atoms with E-state index in [-0.39, 0.29) is 34.9 Å². The summed E-state index contributed by atoms with van der Waals surface area (Å²) in [6, 6.07) is 14.3. The van der Waals surface area contributed by atoms with E-state index in [1.165, 1.54) is 30.5 Å². The number of piperidine rings is 1. The third-order valence-corrected chi connectivity index (χ3v) is 10.8. The van der Waals surface area contributed by atoms with Gasteiger partial charge < -0.3 is 14.4 Å². The molecule has 2 heterocycles. The zero-order valence-electron chi connectivity index (χ0n) is 23.4. The first-order valence-corrected chi connectivity index (χ1v) is 14.7. The second-order valence-electron chi connectivity index (χ2n) is 12.3. The lowest BCUT2D eigenvalue weighted by Crippen LogP contribution is -2.70. The summed E-state index contributed by atoms with van der Waals surface area (Å²) < 4.78 is 12.8. The number of rotatable bonds is 7. The molecule has 1 saturated carbocycles. The maximum Gasteiger partial charge on any atom is 0.253 e. The smallest absolute Gasteiger partial charge is 0.253 e. The van der Waals surface area contributed by atoms with E-state index in [1.807, 2.05) is 30.1 Å². The van der Waals surface area contributed by atoms with Gasteiger partial charge in [0.2, 0.25) is 0 Å². The number of hydrogen-bond donors (Lipinski definition) is 0. The van der Waals surface area contributed by atoms with Gasteiger partial charge in [-0.3, -0.25) is 9.69 Å². The molecular weight excluding hydrogens is 496 g/mol. The van der Waals surface area contributed by atoms with Crippen LogP contribution in [0.4, 0.5) is 0 Å². The van der Waals surface area contributed by atoms with Crippen molar-refractivity contribution in [3.05, 3.63) is 64.2 Å². The fourth-order valence-electron chi connectivity index (χ4n) is 8.50. The van der Waals surface area contributed by atoms with Crippen molar-refractivity contribution >= 4 is 17.5 Å². The second-order valence-corrected chi connectivity index (χ2v) is 12.7. The van der Waals surface area contributed by atoms with Crippen LogP contribution in [0.3, 0.4) is 0 Å². The van der Waals surface area contributed by atoms with Crippen LogP contribution in [0.5, 0.6) is 5.75 Å². The van der Waals surface area contributed by atoms with Crippen molar-refractivity contribution in [1.82, 2.24) is 9.80 Å². The minimum atomic E-state index is -0.361. The van der Waals surface area contributed by atoms with E-state index < -0.39 is 0 Å². The molecule has 0 aromatic heterocycles. The molecule has 6 rings (SSSR count). The fraction of sp³-hybridized carbons (Fsp3) is 0.594. The van der Waals surface area contributed by atoms with Crippen molar-refractivity contribution in [2.24, 2.45) is 17.8 Å². The monoisotopic (exact) mass is 536 g/mol. The minimum Gasteiger partial charge on any atom is -0.497 e. The van der Waals surface area contributed by atoms with E-state index in [0.717, 1.165) is 31.1 Å². The van der Waals surface area contributed by atoms with Gasteiger partial charge in [0.15, 0.2) is 0 Å². The topological polar surface area (TPSA) is 42.0 Å². The Morgan fingerprint density at radius 2 is 2.05 bits per heavy atom. The van der Waals surface area contributed by atoms with Crippen LogP contribution in [-0.2, 0) is 16.6 Å². The number of amides is 1. The Bertz CT molecular complexity index is 1230. The largest absolute Gasteiger partial charge is 0.497 e. The molecule has 2 aliphatic heterocycles. The van der Waals surface area contributed by atoms with Crippen molar-refractivity contribution in [3.63, 3.8) is 0 Å². The van der Waals surface area contributed by atoms with Gasteiger partial charge in [-0.15, -0.1) is 0 Å². The zero-order valence-corrected chi connectivity index (χ0v) is 24.1. The molecule has 0 radical (unpaired) electrons. The first-order valence-electron chi connectivity index (χ1n) is 14.3. The van der Waals surface area contributed by atoms with Gasteiger partial charge in [-0.1, -0.05) is 30.7 Å². The summed E-state index contributed by atoms with van der Waals surface area (Å²) in [5.74, 6) is 2.36. The average Bonchev–Trinajstić information content (AvgIpc) is 3.60. The highest BCUT2D eigenvalue weighted by Gasteiger charge is 2.72. The lowest BCUT2D eigenvalue weighted by atomic mass is 9.53. The zero-order chi connectivity index (χ0) is 26.8. The number of carbonyl (C=O) groups is 1. The quantitative estimate of drug-likeness (QED) is 0.446. The summed E-state index contributed by atoms with van der Waals surface area (Å²) in [6.45, 7) is 9.85. The Kier molecular flexibility index (Phi) is 6.56. The first-order chi connectivity index (χ1) is 18.2. The Labute approximate surface area is 232 Å². The van der Waals surface area contributed by atoms with Crippen LogP contribution in [0.15, 0.2) is 42.5 Å². The lowest BCUT2D eigenvalue weighted by Gasteiger charge is -2.59. The summed E-state index contributed by atoms with van der Waals surface area (Å²) in [5, 5.41) is 0.585. The van der Waals surface area contributed by atoms with E-state index >= 15 is 0 Å². The molecule has 4 aliphatic rings. The first kappa shape index (κ1) is 26.2. The molecule has 6 heteroatoms. The second kappa shape index (κ2) is 9.53. The predicted octanol–water partition coefficient (Wildman–Crippen LogP) is 5.83. The number of benzene rings is 2. The molecule has 2 saturated heterocycles. The Morgan fingerprint density at radius 1 is 1.26 bits per heavy atom. The van der Waals surface area contributed by atoms with Gasteiger partial charge in [0.25, 0.3) is 5.91 Å². The number of hydrogen-bond acceptors (Lipinski definition) is 4. The van der Waals surface area contributed by atoms with Crippen LogP contribution >= 0.6 is 11.6 Å². The summed E-state index contributed by atoms with van der Waals surface area (Å²) >= 11 is 6.26. The van der Waals surface area contributed by atoms with Crippen molar-refractivity contribution in [1.29, 1.82) is 0 Å². The van der Waals surface area contributed by atoms with Crippen LogP contribution in [0, 0.1) is 17.8 Å². The number of likely N-dealkylation sites (tertiary alicyclic amines) is 1. The number of fused-ring (bicyclic) bond motifs is 1. The van der Waals surface area contributed by atoms with Crippen LogP contribution in [0.1, 0.15) is 61.5 Å². The van der Waals surface area contributed by atoms with Gasteiger partial charge >= 0.3 is 0 Å². The van der Waals surface area contributed by atoms with E-state index in [4.69, 9.17) is 21.1 Å². The van der Waals surface area contributed by atoms with Gasteiger partial charge in [-0.2, -0.15) is 0 Å². The molecule has 2 aromatic rings. The highest BCUT2D eigenvalue weighted by Crippen LogP contribution is 2.65. The highest BCUT2D eigenvalue weighted by atomic mass is 35.5. The highest BCUT2D eigenvalue weighted by molar-refractivity contribution is 6.30. The van der Waals surface area contributed by atoms with Crippen molar-refractivity contribution < 1.29 is 14.3 Å². The summed E-state index contributed by atoms with van der Waals surface area (Å²) in [7, 11) is 3.71. The fourth-order valence-corrected chi connectivity index (χ4v) is 8.69. The van der Waals surface area contributed by atoms with E-state index in [9.17, 15) is 4.79 Å². The molecule has 0 bridgehead atoms. The van der Waals surface area contributed by atoms with Crippen molar-refractivity contribution in [3.8, 4) is 5.75 Å². The lowest BCUT2D eigenvalue weighted by molar-refractivity contribution is -0.131. The standard InChI is InChI=1S/C32H41ClN2O3/c1-6-29(34(4)30(36)23-8-7-9-25(33)15-23)28-19-38-31(3)20(2)35(17-21-10-11-21)18-24-14-22-12-13-26(37-5)16-27(22)32(24,28)31/h7-9,12-13,15-16,20-21,24,28-29H,6,10-11,14,17-19H2,1-5H3. The van der Waals surface area contributed by atoms with Gasteiger partial charge in [-0.05, 0) is 92.8 Å². The number of nitrogens with zero attached hydrogens (tertiary/aromatic N) is 2. The maximum atomic E-state index is 13.8. The molecule has 204 valence electrons. The predicted molar refractivity (Wildman–Crippen MR) is 151 cm³/mol. The van der Waals surface area contributed by atoms with Crippen molar-refractivity contribution in [2.75, 3.05) is 33.9 Å². The van der Waals surface area contributed by atoms with E-state index in [2.05, 4.69) is 43.9 Å². The summed E-state index contributed by atoms with van der Waals surface area (Å²) in [6.07, 6.45) is 4.61. The van der Waals surface area contributed by atoms with Crippen LogP contribution in [-0.4, -0.2) is 67.2 Å². The molecule has 6 atom stereocenters. The third kappa shape index (κ3) is 3.76. The Balaban J connectivity index is 1.45. The molecular formula is C32H41ClN2O3. The molecule has 2 aliphatic carbocycles. The van der Waals surface area contributed by atoms with Crippen LogP contribution < -0.4 is 4.74 Å². The molecule has 5 nitrogen and oxygen atoms in total. The normalized spacial score (nSPS) is 32.8. The molecule has 6 unspecified atom stereocenters. The van der Waals surface area contributed by atoms with E-state index in [0.29, 0.717) is 23.1 Å².